The van der Waals surface area contributed by atoms with Gasteiger partial charge in [-0.25, -0.2) is 4.79 Å². The number of guanidine groups is 1. The van der Waals surface area contributed by atoms with E-state index in [0.717, 1.165) is 0 Å². The predicted molar refractivity (Wildman–Crippen MR) is 117 cm³/mol. The Kier molecular flexibility index (Phi) is 14.3. The lowest BCUT2D eigenvalue weighted by molar-refractivity contribution is -0.143. The van der Waals surface area contributed by atoms with Gasteiger partial charge in [-0.3, -0.25) is 19.4 Å². The number of carbonyl (C=O) groups is 4. The SMILES string of the molecule is CC(N)C(=O)NC(CCCN=C(N)N)C(=O)NC(CCCCN)C(=O)NC(CO)C(=O)O. The predicted octanol–water partition coefficient (Wildman–Crippen LogP) is -3.95. The molecule has 0 aromatic rings. The van der Waals surface area contributed by atoms with Gasteiger partial charge in [-0.05, 0) is 45.6 Å². The van der Waals surface area contributed by atoms with Crippen molar-refractivity contribution in [3.05, 3.63) is 0 Å². The molecule has 0 spiro atoms. The number of amides is 3. The maximum atomic E-state index is 12.8. The molecule has 13 N–H and O–H groups in total. The van der Waals surface area contributed by atoms with Gasteiger partial charge in [0.15, 0.2) is 5.96 Å². The van der Waals surface area contributed by atoms with Crippen LogP contribution in [0.3, 0.4) is 0 Å². The molecule has 0 fully saturated rings. The van der Waals surface area contributed by atoms with E-state index in [1.165, 1.54) is 6.92 Å². The highest BCUT2D eigenvalue weighted by molar-refractivity contribution is 5.94. The molecule has 3 amide bonds. The third-order valence-electron chi connectivity index (χ3n) is 4.37. The summed E-state index contributed by atoms with van der Waals surface area (Å²) in [5.74, 6) is -3.54. The molecular formula is C18H36N8O6. The maximum Gasteiger partial charge on any atom is 0.328 e. The number of aliphatic carboxylic acids is 1. The second-order valence-electron chi connectivity index (χ2n) is 7.23. The van der Waals surface area contributed by atoms with Crippen molar-refractivity contribution in [2.24, 2.45) is 27.9 Å². The lowest BCUT2D eigenvalue weighted by atomic mass is 10.1. The summed E-state index contributed by atoms with van der Waals surface area (Å²) in [7, 11) is 0. The average molecular weight is 461 g/mol. The zero-order valence-corrected chi connectivity index (χ0v) is 18.3. The normalized spacial score (nSPS) is 14.4. The minimum absolute atomic E-state index is 0.112. The Labute approximate surface area is 186 Å². The number of carbonyl (C=O) groups excluding carboxylic acids is 3. The fraction of sp³-hybridized carbons (Fsp3) is 0.722. The smallest absolute Gasteiger partial charge is 0.328 e. The first-order valence-corrected chi connectivity index (χ1v) is 10.3. The number of nitrogens with two attached hydrogens (primary N) is 4. The van der Waals surface area contributed by atoms with Crippen LogP contribution in [0.5, 0.6) is 0 Å². The molecule has 0 saturated heterocycles. The van der Waals surface area contributed by atoms with Crippen molar-refractivity contribution >= 4 is 29.7 Å². The highest BCUT2D eigenvalue weighted by atomic mass is 16.4. The molecule has 0 aliphatic carbocycles. The van der Waals surface area contributed by atoms with Crippen LogP contribution >= 0.6 is 0 Å². The number of carboxylic acids is 1. The van der Waals surface area contributed by atoms with Gasteiger partial charge in [0.05, 0.1) is 12.6 Å². The number of carboxylic acid groups (broad SMARTS) is 1. The second kappa shape index (κ2) is 15.8. The Hall–Kier alpha value is -2.97. The molecule has 0 bridgehead atoms. The minimum Gasteiger partial charge on any atom is -0.480 e. The highest BCUT2D eigenvalue weighted by Gasteiger charge is 2.29. The van der Waals surface area contributed by atoms with Gasteiger partial charge in [0.1, 0.15) is 18.1 Å². The van der Waals surface area contributed by atoms with Crippen LogP contribution in [-0.4, -0.2) is 83.7 Å². The molecule has 0 saturated carbocycles. The number of rotatable bonds is 16. The van der Waals surface area contributed by atoms with Crippen molar-refractivity contribution in [3.8, 4) is 0 Å². The maximum absolute atomic E-state index is 12.8. The van der Waals surface area contributed by atoms with Crippen LogP contribution in [0.15, 0.2) is 4.99 Å². The van der Waals surface area contributed by atoms with Crippen LogP contribution in [0.2, 0.25) is 0 Å². The first kappa shape index (κ1) is 29.0. The van der Waals surface area contributed by atoms with Crippen molar-refractivity contribution in [1.82, 2.24) is 16.0 Å². The summed E-state index contributed by atoms with van der Waals surface area (Å²) in [6, 6.07) is -4.52. The molecule has 4 unspecified atom stereocenters. The molecule has 0 rings (SSSR count). The fourth-order valence-electron chi connectivity index (χ4n) is 2.57. The van der Waals surface area contributed by atoms with Gasteiger partial charge >= 0.3 is 5.97 Å². The first-order valence-electron chi connectivity index (χ1n) is 10.3. The van der Waals surface area contributed by atoms with E-state index in [1.54, 1.807) is 0 Å². The Morgan fingerprint density at radius 2 is 1.38 bits per heavy atom. The van der Waals surface area contributed by atoms with Crippen LogP contribution in [0.4, 0.5) is 0 Å². The summed E-state index contributed by atoms with van der Waals surface area (Å²) in [6.45, 7) is 1.22. The van der Waals surface area contributed by atoms with Crippen molar-refractivity contribution in [3.63, 3.8) is 0 Å². The molecule has 0 heterocycles. The largest absolute Gasteiger partial charge is 0.480 e. The molecule has 0 aromatic carbocycles. The number of aliphatic imine (C=N–C) groups is 1. The minimum atomic E-state index is -1.52. The fourth-order valence-corrected chi connectivity index (χ4v) is 2.57. The second-order valence-corrected chi connectivity index (χ2v) is 7.23. The molecular weight excluding hydrogens is 424 g/mol. The Bertz CT molecular complexity index is 653. The number of nitrogens with one attached hydrogen (secondary N) is 3. The molecule has 0 radical (unpaired) electrons. The van der Waals surface area contributed by atoms with E-state index in [-0.39, 0.29) is 25.3 Å². The van der Waals surface area contributed by atoms with E-state index in [4.69, 9.17) is 33.1 Å². The molecule has 184 valence electrons. The molecule has 14 nitrogen and oxygen atoms in total. The standard InChI is InChI=1S/C18H36N8O6/c1-10(20)14(28)24-12(6-4-8-23-18(21)22)15(29)25-11(5-2-3-7-19)16(30)26-13(9-27)17(31)32/h10-13,27H,2-9,19-20H2,1H3,(H,24,28)(H,25,29)(H,26,30)(H,31,32)(H4,21,22,23). The first-order chi connectivity index (χ1) is 15.0. The average Bonchev–Trinajstić information content (AvgIpc) is 2.72. The van der Waals surface area contributed by atoms with E-state index in [0.29, 0.717) is 25.8 Å². The number of hydrogen-bond acceptors (Lipinski definition) is 8. The number of aliphatic hydroxyl groups is 1. The van der Waals surface area contributed by atoms with E-state index in [1.807, 2.05) is 0 Å². The summed E-state index contributed by atoms with van der Waals surface area (Å²) in [5, 5.41) is 25.4. The third kappa shape index (κ3) is 12.0. The van der Waals surface area contributed by atoms with E-state index < -0.39 is 54.5 Å². The van der Waals surface area contributed by atoms with Gasteiger partial charge in [-0.1, -0.05) is 0 Å². The van der Waals surface area contributed by atoms with Crippen LogP contribution in [0.1, 0.15) is 39.0 Å². The van der Waals surface area contributed by atoms with Crippen molar-refractivity contribution in [2.75, 3.05) is 19.7 Å². The van der Waals surface area contributed by atoms with Gasteiger partial charge in [-0.15, -0.1) is 0 Å². The van der Waals surface area contributed by atoms with Gasteiger partial charge in [0, 0.05) is 6.54 Å². The lowest BCUT2D eigenvalue weighted by Gasteiger charge is -2.24. The summed E-state index contributed by atoms with van der Waals surface area (Å²) < 4.78 is 0. The van der Waals surface area contributed by atoms with E-state index in [2.05, 4.69) is 20.9 Å². The molecule has 14 heteroatoms. The van der Waals surface area contributed by atoms with Crippen LogP contribution < -0.4 is 38.9 Å². The number of aliphatic hydroxyl groups excluding tert-OH is 1. The topological polar surface area (TPSA) is 261 Å². The van der Waals surface area contributed by atoms with Gasteiger partial charge in [0.2, 0.25) is 17.7 Å². The Morgan fingerprint density at radius 3 is 1.81 bits per heavy atom. The lowest BCUT2D eigenvalue weighted by Crippen LogP contribution is -2.57. The Balaban J connectivity index is 5.37. The number of unbranched alkanes of at least 4 members (excludes halogenated alkanes) is 1. The summed E-state index contributed by atoms with van der Waals surface area (Å²) in [5.41, 5.74) is 21.6. The zero-order chi connectivity index (χ0) is 24.7. The molecule has 0 aliphatic rings. The van der Waals surface area contributed by atoms with Crippen LogP contribution in [0, 0.1) is 0 Å². The number of hydrogen-bond donors (Lipinski definition) is 9. The molecule has 4 atom stereocenters. The van der Waals surface area contributed by atoms with Crippen molar-refractivity contribution < 1.29 is 29.4 Å². The highest BCUT2D eigenvalue weighted by Crippen LogP contribution is 2.05. The summed E-state index contributed by atoms with van der Waals surface area (Å²) >= 11 is 0. The third-order valence-corrected chi connectivity index (χ3v) is 4.37. The summed E-state index contributed by atoms with van der Waals surface area (Å²) in [6.07, 6.45) is 1.74. The van der Waals surface area contributed by atoms with Crippen molar-refractivity contribution in [2.45, 2.75) is 63.2 Å². The van der Waals surface area contributed by atoms with E-state index in [9.17, 15) is 19.2 Å². The van der Waals surface area contributed by atoms with Gasteiger partial charge < -0.3 is 49.1 Å². The number of nitrogens with zero attached hydrogens (tertiary/aromatic N) is 1. The van der Waals surface area contributed by atoms with Crippen molar-refractivity contribution in [1.29, 1.82) is 0 Å². The molecule has 0 aliphatic heterocycles. The Morgan fingerprint density at radius 1 is 0.875 bits per heavy atom. The quantitative estimate of drug-likeness (QED) is 0.0612. The van der Waals surface area contributed by atoms with Gasteiger partial charge in [0.25, 0.3) is 0 Å². The van der Waals surface area contributed by atoms with Crippen LogP contribution in [0.25, 0.3) is 0 Å². The van der Waals surface area contributed by atoms with Crippen LogP contribution in [-0.2, 0) is 19.2 Å². The summed E-state index contributed by atoms with van der Waals surface area (Å²) in [4.78, 5) is 52.3. The molecule has 0 aromatic heterocycles. The van der Waals surface area contributed by atoms with E-state index >= 15 is 0 Å². The monoisotopic (exact) mass is 460 g/mol. The zero-order valence-electron chi connectivity index (χ0n) is 18.3. The molecule has 32 heavy (non-hydrogen) atoms. The van der Waals surface area contributed by atoms with Gasteiger partial charge in [-0.2, -0.15) is 0 Å².